The molecular formula is C58H37NO. The van der Waals surface area contributed by atoms with Crippen molar-refractivity contribution in [1.82, 2.24) is 0 Å². The summed E-state index contributed by atoms with van der Waals surface area (Å²) in [5, 5.41) is 13.5. The van der Waals surface area contributed by atoms with Gasteiger partial charge >= 0.3 is 0 Å². The zero-order chi connectivity index (χ0) is 39.6. The number of para-hydroxylation sites is 1. The topological polar surface area (TPSA) is 16.4 Å². The summed E-state index contributed by atoms with van der Waals surface area (Å²) >= 11 is 0. The van der Waals surface area contributed by atoms with Crippen LogP contribution in [0.1, 0.15) is 0 Å². The third-order valence-corrected chi connectivity index (χ3v) is 12.2. The minimum absolute atomic E-state index is 0.870. The summed E-state index contributed by atoms with van der Waals surface area (Å²) in [5.74, 6) is 0.870. The number of fused-ring (bicyclic) bond motifs is 8. The number of nitrogens with zero attached hydrogens (tertiary/aromatic N) is 1. The van der Waals surface area contributed by atoms with Crippen LogP contribution in [0.15, 0.2) is 229 Å². The quantitative estimate of drug-likeness (QED) is 0.157. The van der Waals surface area contributed by atoms with E-state index in [1.807, 2.05) is 12.1 Å². The Balaban J connectivity index is 1.02. The van der Waals surface area contributed by atoms with Crippen molar-refractivity contribution in [2.45, 2.75) is 0 Å². The van der Waals surface area contributed by atoms with E-state index in [1.54, 1.807) is 0 Å². The van der Waals surface area contributed by atoms with Crippen LogP contribution in [0.3, 0.4) is 0 Å². The molecule has 0 aliphatic carbocycles. The molecule has 60 heavy (non-hydrogen) atoms. The van der Waals surface area contributed by atoms with Gasteiger partial charge in [0.25, 0.3) is 0 Å². The molecule has 12 rings (SSSR count). The summed E-state index contributed by atoms with van der Waals surface area (Å²) in [7, 11) is 0. The summed E-state index contributed by atoms with van der Waals surface area (Å²) in [5.41, 5.74) is 10.0. The van der Waals surface area contributed by atoms with E-state index in [0.29, 0.717) is 0 Å². The highest BCUT2D eigenvalue weighted by Gasteiger charge is 2.19. The smallest absolute Gasteiger partial charge is 0.135 e. The second kappa shape index (κ2) is 13.9. The van der Waals surface area contributed by atoms with Crippen molar-refractivity contribution in [3.63, 3.8) is 0 Å². The average Bonchev–Trinajstić information content (AvgIpc) is 3.76. The van der Waals surface area contributed by atoms with Crippen molar-refractivity contribution in [3.8, 4) is 33.6 Å². The molecule has 0 spiro atoms. The lowest BCUT2D eigenvalue weighted by molar-refractivity contribution is 0.631. The second-order valence-corrected chi connectivity index (χ2v) is 15.7. The standard InChI is InChI=1S/C58H37NO/c1-4-17-47-38(12-1)24-25-42-35-46(30-31-49(42)47)59(45-28-26-39(27-29-45)55-36-41-13-2-5-18-48(41)51-19-6-7-21-53(51)55)56-33-32-50(52-20-8-9-22-54(52)56)40-15-11-16-43(34-40)58-37-44-14-3-10-23-57(44)60-58/h1-37H. The predicted octanol–water partition coefficient (Wildman–Crippen LogP) is 16.7. The van der Waals surface area contributed by atoms with Crippen molar-refractivity contribution in [1.29, 1.82) is 0 Å². The van der Waals surface area contributed by atoms with Gasteiger partial charge < -0.3 is 9.32 Å². The van der Waals surface area contributed by atoms with Gasteiger partial charge in [0.2, 0.25) is 0 Å². The zero-order valence-corrected chi connectivity index (χ0v) is 32.7. The first-order valence-electron chi connectivity index (χ1n) is 20.6. The van der Waals surface area contributed by atoms with Gasteiger partial charge in [-0.2, -0.15) is 0 Å². The van der Waals surface area contributed by atoms with Gasteiger partial charge in [-0.3, -0.25) is 0 Å². The van der Waals surface area contributed by atoms with E-state index in [1.165, 1.54) is 70.6 Å². The first kappa shape index (κ1) is 34.1. The van der Waals surface area contributed by atoms with E-state index in [4.69, 9.17) is 4.42 Å². The highest BCUT2D eigenvalue weighted by molar-refractivity contribution is 6.14. The molecule has 2 nitrogen and oxygen atoms in total. The zero-order valence-electron chi connectivity index (χ0n) is 32.7. The van der Waals surface area contributed by atoms with Gasteiger partial charge in [0.15, 0.2) is 0 Å². The van der Waals surface area contributed by atoms with E-state index in [-0.39, 0.29) is 0 Å². The fraction of sp³-hybridized carbons (Fsp3) is 0. The van der Waals surface area contributed by atoms with Gasteiger partial charge in [0.1, 0.15) is 11.3 Å². The van der Waals surface area contributed by atoms with E-state index in [0.717, 1.165) is 44.9 Å². The normalized spacial score (nSPS) is 11.7. The number of rotatable bonds is 6. The largest absolute Gasteiger partial charge is 0.456 e. The van der Waals surface area contributed by atoms with E-state index in [2.05, 4.69) is 217 Å². The third kappa shape index (κ3) is 5.65. The minimum Gasteiger partial charge on any atom is -0.456 e. The fourth-order valence-corrected chi connectivity index (χ4v) is 9.34. The molecule has 0 amide bonds. The lowest BCUT2D eigenvalue weighted by Gasteiger charge is -2.28. The third-order valence-electron chi connectivity index (χ3n) is 12.2. The van der Waals surface area contributed by atoms with Crippen LogP contribution in [-0.2, 0) is 0 Å². The maximum atomic E-state index is 6.31. The Kier molecular flexibility index (Phi) is 7.89. The molecule has 11 aromatic carbocycles. The van der Waals surface area contributed by atoms with Crippen LogP contribution in [0.2, 0.25) is 0 Å². The molecule has 0 atom stereocenters. The van der Waals surface area contributed by atoms with Crippen LogP contribution < -0.4 is 4.90 Å². The summed E-state index contributed by atoms with van der Waals surface area (Å²) in [6.45, 7) is 0. The number of hydrogen-bond acceptors (Lipinski definition) is 2. The van der Waals surface area contributed by atoms with Gasteiger partial charge in [-0.15, -0.1) is 0 Å². The van der Waals surface area contributed by atoms with Gasteiger partial charge in [0.05, 0.1) is 5.69 Å². The highest BCUT2D eigenvalue weighted by Crippen LogP contribution is 2.45. The highest BCUT2D eigenvalue weighted by atomic mass is 16.3. The Morgan fingerprint density at radius 3 is 1.67 bits per heavy atom. The Morgan fingerprint density at radius 1 is 0.283 bits per heavy atom. The molecule has 0 radical (unpaired) electrons. The molecule has 0 saturated heterocycles. The summed E-state index contributed by atoms with van der Waals surface area (Å²) in [6.07, 6.45) is 0. The summed E-state index contributed by atoms with van der Waals surface area (Å²) in [4.78, 5) is 2.42. The van der Waals surface area contributed by atoms with Crippen LogP contribution in [0.5, 0.6) is 0 Å². The van der Waals surface area contributed by atoms with Gasteiger partial charge in [-0.25, -0.2) is 0 Å². The van der Waals surface area contributed by atoms with Gasteiger partial charge in [-0.1, -0.05) is 170 Å². The maximum Gasteiger partial charge on any atom is 0.135 e. The fourth-order valence-electron chi connectivity index (χ4n) is 9.34. The Bertz CT molecular complexity index is 3580. The first-order valence-corrected chi connectivity index (χ1v) is 20.6. The minimum atomic E-state index is 0.870. The molecule has 0 aliphatic rings. The number of furan rings is 1. The molecule has 0 saturated carbocycles. The molecule has 2 heteroatoms. The number of hydrogen-bond donors (Lipinski definition) is 0. The lowest BCUT2D eigenvalue weighted by Crippen LogP contribution is -2.10. The predicted molar refractivity (Wildman–Crippen MR) is 255 cm³/mol. The van der Waals surface area contributed by atoms with E-state index >= 15 is 0 Å². The maximum absolute atomic E-state index is 6.31. The van der Waals surface area contributed by atoms with Crippen molar-refractivity contribution in [2.24, 2.45) is 0 Å². The molecule has 0 bridgehead atoms. The number of anilines is 3. The second-order valence-electron chi connectivity index (χ2n) is 15.7. The van der Waals surface area contributed by atoms with Crippen molar-refractivity contribution < 1.29 is 4.42 Å². The molecule has 0 N–H and O–H groups in total. The Morgan fingerprint density at radius 2 is 0.867 bits per heavy atom. The van der Waals surface area contributed by atoms with Crippen molar-refractivity contribution >= 4 is 81.9 Å². The molecule has 1 heterocycles. The average molecular weight is 764 g/mol. The number of benzene rings is 11. The first-order chi connectivity index (χ1) is 29.7. The van der Waals surface area contributed by atoms with Crippen LogP contribution in [0, 0.1) is 0 Å². The van der Waals surface area contributed by atoms with Crippen LogP contribution in [0.4, 0.5) is 17.1 Å². The van der Waals surface area contributed by atoms with E-state index < -0.39 is 0 Å². The molecule has 1 aromatic heterocycles. The molecule has 0 unspecified atom stereocenters. The van der Waals surface area contributed by atoms with Gasteiger partial charge in [0, 0.05) is 27.7 Å². The SMILES string of the molecule is c1cc(-c2cc3ccccc3o2)cc(-c2ccc(N(c3ccc(-c4cc5ccccc5c5ccccc45)cc3)c3ccc4c(ccc5ccccc54)c3)c3ccccc23)c1. The van der Waals surface area contributed by atoms with Crippen LogP contribution in [0.25, 0.3) is 98.4 Å². The lowest BCUT2D eigenvalue weighted by atomic mass is 9.93. The molecule has 280 valence electrons. The Hall–Kier alpha value is -7.94. The van der Waals surface area contributed by atoms with Crippen LogP contribution in [-0.4, -0.2) is 0 Å². The molecule has 0 aliphatic heterocycles. The molecule has 0 fully saturated rings. The summed E-state index contributed by atoms with van der Waals surface area (Å²) in [6, 6.07) is 81.4. The Labute approximate surface area is 347 Å². The van der Waals surface area contributed by atoms with E-state index in [9.17, 15) is 0 Å². The molecule has 12 aromatic rings. The van der Waals surface area contributed by atoms with Crippen molar-refractivity contribution in [2.75, 3.05) is 4.90 Å². The van der Waals surface area contributed by atoms with Crippen molar-refractivity contribution in [3.05, 3.63) is 224 Å². The van der Waals surface area contributed by atoms with Crippen LogP contribution >= 0.6 is 0 Å². The van der Waals surface area contributed by atoms with Gasteiger partial charge in [-0.05, 0) is 125 Å². The monoisotopic (exact) mass is 763 g/mol. The summed E-state index contributed by atoms with van der Waals surface area (Å²) < 4.78 is 6.31. The molecular weight excluding hydrogens is 727 g/mol.